The Bertz CT molecular complexity index is 1070. The van der Waals surface area contributed by atoms with E-state index in [1.165, 1.54) is 13.8 Å². The minimum absolute atomic E-state index is 0.00472. The highest BCUT2D eigenvalue weighted by Gasteiger charge is 2.28. The molecule has 0 aliphatic carbocycles. The number of carbonyl (C=O) groups is 4. The van der Waals surface area contributed by atoms with E-state index >= 15 is 0 Å². The van der Waals surface area contributed by atoms with Crippen molar-refractivity contribution < 1.29 is 38.1 Å². The predicted octanol–water partition coefficient (Wildman–Crippen LogP) is 3.80. The number of hydrogen-bond acceptors (Lipinski definition) is 9. The smallest absolute Gasteiger partial charge is 0.313 e. The number of hydrogen-bond donors (Lipinski definition) is 5. The van der Waals surface area contributed by atoms with Gasteiger partial charge in [0.15, 0.2) is 12.6 Å². The summed E-state index contributed by atoms with van der Waals surface area (Å²) in [5.41, 5.74) is 7.06. The molecule has 0 aliphatic rings. The summed E-state index contributed by atoms with van der Waals surface area (Å²) in [6.45, 7) is 22.3. The third-order valence-corrected chi connectivity index (χ3v) is 6.58. The highest BCUT2D eigenvalue weighted by atomic mass is 16.7. The number of nitrogens with two attached hydrogens (primary N) is 1. The highest BCUT2D eigenvalue weighted by Crippen LogP contribution is 2.32. The van der Waals surface area contributed by atoms with Crippen LogP contribution >= 0.6 is 0 Å². The molecule has 6 N–H and O–H groups in total. The molecule has 0 saturated carbocycles. The van der Waals surface area contributed by atoms with E-state index in [2.05, 4.69) is 21.3 Å². The zero-order valence-corrected chi connectivity index (χ0v) is 29.7. The Balaban J connectivity index is 0.00000156. The summed E-state index contributed by atoms with van der Waals surface area (Å²) < 4.78 is 21.7. The Hall–Kier alpha value is -3.10. The third kappa shape index (κ3) is 15.9. The van der Waals surface area contributed by atoms with Crippen LogP contribution in [0.15, 0.2) is 18.2 Å². The normalized spacial score (nSPS) is 13.3. The lowest BCUT2D eigenvalue weighted by atomic mass is 9.85. The summed E-state index contributed by atoms with van der Waals surface area (Å²) in [4.78, 5) is 49.3. The van der Waals surface area contributed by atoms with Crippen molar-refractivity contribution in [1.82, 2.24) is 10.6 Å². The van der Waals surface area contributed by atoms with Gasteiger partial charge in [-0.2, -0.15) is 0 Å². The van der Waals surface area contributed by atoms with Crippen LogP contribution in [-0.2, 0) is 43.5 Å². The monoisotopic (exact) mass is 653 g/mol. The van der Waals surface area contributed by atoms with Crippen LogP contribution < -0.4 is 27.0 Å². The maximum Gasteiger partial charge on any atom is 0.313 e. The summed E-state index contributed by atoms with van der Waals surface area (Å²) in [5.74, 6) is -2.62. The molecular formula is C33H59N5O8. The van der Waals surface area contributed by atoms with Crippen LogP contribution in [0.5, 0.6) is 0 Å². The second-order valence-electron chi connectivity index (χ2n) is 11.5. The van der Waals surface area contributed by atoms with E-state index in [-0.39, 0.29) is 23.7 Å². The molecule has 0 heterocycles. The van der Waals surface area contributed by atoms with E-state index in [1.807, 2.05) is 62.3 Å². The number of benzene rings is 1. The van der Waals surface area contributed by atoms with Crippen molar-refractivity contribution in [3.05, 3.63) is 23.8 Å². The van der Waals surface area contributed by atoms with Crippen LogP contribution in [-0.4, -0.2) is 80.8 Å². The summed E-state index contributed by atoms with van der Waals surface area (Å²) in [6.07, 6.45) is 0.592. The number of nitrogens with one attached hydrogen (secondary N) is 4. The van der Waals surface area contributed by atoms with Crippen molar-refractivity contribution >= 4 is 35.0 Å². The molecule has 1 aromatic rings. The molecule has 264 valence electrons. The molecule has 0 radical (unpaired) electrons. The Morgan fingerprint density at radius 2 is 1.28 bits per heavy atom. The third-order valence-electron chi connectivity index (χ3n) is 6.58. The van der Waals surface area contributed by atoms with Crippen molar-refractivity contribution in [2.75, 3.05) is 37.1 Å². The van der Waals surface area contributed by atoms with Crippen LogP contribution in [0.2, 0.25) is 0 Å². The lowest BCUT2D eigenvalue weighted by Crippen LogP contribution is -2.53. The number of anilines is 2. The summed E-state index contributed by atoms with van der Waals surface area (Å²) in [6, 6.07) is 3.71. The highest BCUT2D eigenvalue weighted by molar-refractivity contribution is 6.40. The van der Waals surface area contributed by atoms with Gasteiger partial charge in [0.1, 0.15) is 6.04 Å². The van der Waals surface area contributed by atoms with Gasteiger partial charge >= 0.3 is 11.8 Å². The molecular weight excluding hydrogens is 594 g/mol. The molecule has 0 aromatic heterocycles. The zero-order valence-electron chi connectivity index (χ0n) is 29.7. The number of ether oxygens (including phenoxy) is 4. The van der Waals surface area contributed by atoms with E-state index in [9.17, 15) is 19.2 Å². The first-order chi connectivity index (χ1) is 21.6. The minimum Gasteiger partial charge on any atom is -0.351 e. The number of carbonyl (C=O) groups excluding carboxylic acids is 4. The maximum absolute atomic E-state index is 12.7. The number of amides is 4. The predicted molar refractivity (Wildman–Crippen MR) is 180 cm³/mol. The first-order valence-electron chi connectivity index (χ1n) is 16.2. The second kappa shape index (κ2) is 22.4. The van der Waals surface area contributed by atoms with Crippen molar-refractivity contribution in [2.24, 2.45) is 5.73 Å². The molecule has 3 atom stereocenters. The lowest BCUT2D eigenvalue weighted by molar-refractivity contribution is -0.159. The summed E-state index contributed by atoms with van der Waals surface area (Å²) in [7, 11) is 0. The Kier molecular flexibility index (Phi) is 20.9. The zero-order chi connectivity index (χ0) is 35.4. The lowest BCUT2D eigenvalue weighted by Gasteiger charge is -2.28. The largest absolute Gasteiger partial charge is 0.351 e. The quantitative estimate of drug-likeness (QED) is 0.123. The molecule has 0 spiro atoms. The van der Waals surface area contributed by atoms with Gasteiger partial charge in [-0.05, 0) is 70.6 Å². The standard InChI is InChI=1S/C25H40N4O6.C8H19NO2/c1-9-19(24(34-10-2)35-11-3)28-21(31)15(4)26-22(32)23(33)29-20-14-17(27-16(5)30)12-13-18(20)25(6,7)8;1-4-7(9)8(10-5-2)11-6-3/h12-15,19,24H,9-11H2,1-8H3,(H,26,32)(H,27,30)(H,28,31)(H,29,33);7-8H,4-6,9H2,1-3H3/t15-,19-;7-/m00/s1. The van der Waals surface area contributed by atoms with Gasteiger partial charge in [0.05, 0.1) is 12.1 Å². The van der Waals surface area contributed by atoms with Crippen molar-refractivity contribution in [3.63, 3.8) is 0 Å². The van der Waals surface area contributed by atoms with E-state index in [0.717, 1.165) is 12.0 Å². The molecule has 46 heavy (non-hydrogen) atoms. The van der Waals surface area contributed by atoms with E-state index in [1.54, 1.807) is 18.2 Å². The summed E-state index contributed by atoms with van der Waals surface area (Å²) in [5, 5.41) is 10.5. The van der Waals surface area contributed by atoms with E-state index < -0.39 is 36.1 Å². The van der Waals surface area contributed by atoms with Gasteiger partial charge in [0.25, 0.3) is 0 Å². The average molecular weight is 654 g/mol. The van der Waals surface area contributed by atoms with Crippen LogP contribution in [0.4, 0.5) is 11.4 Å². The molecule has 0 bridgehead atoms. The maximum atomic E-state index is 12.7. The van der Waals surface area contributed by atoms with Crippen molar-refractivity contribution in [1.29, 1.82) is 0 Å². The number of rotatable bonds is 17. The van der Waals surface area contributed by atoms with E-state index in [0.29, 0.717) is 44.2 Å². The summed E-state index contributed by atoms with van der Waals surface area (Å²) >= 11 is 0. The van der Waals surface area contributed by atoms with Gasteiger partial charge in [-0.25, -0.2) is 0 Å². The van der Waals surface area contributed by atoms with Gasteiger partial charge in [-0.3, -0.25) is 19.2 Å². The fourth-order valence-corrected chi connectivity index (χ4v) is 4.19. The molecule has 4 amide bonds. The van der Waals surface area contributed by atoms with Crippen LogP contribution in [0.3, 0.4) is 0 Å². The minimum atomic E-state index is -0.973. The Morgan fingerprint density at radius 1 is 0.761 bits per heavy atom. The molecule has 0 fully saturated rings. The molecule has 13 heteroatoms. The van der Waals surface area contributed by atoms with Gasteiger partial charge in [0, 0.05) is 44.7 Å². The van der Waals surface area contributed by atoms with E-state index in [4.69, 9.17) is 24.7 Å². The Labute approximate surface area is 275 Å². The van der Waals surface area contributed by atoms with Gasteiger partial charge in [-0.1, -0.05) is 40.7 Å². The van der Waals surface area contributed by atoms with Crippen molar-refractivity contribution in [3.8, 4) is 0 Å². The first kappa shape index (κ1) is 42.9. The van der Waals surface area contributed by atoms with Gasteiger partial charge < -0.3 is 45.9 Å². The van der Waals surface area contributed by atoms with Crippen molar-refractivity contribution in [2.45, 2.75) is 125 Å². The van der Waals surface area contributed by atoms with Crippen LogP contribution in [0.1, 0.15) is 94.6 Å². The molecule has 13 nitrogen and oxygen atoms in total. The van der Waals surface area contributed by atoms with Gasteiger partial charge in [0.2, 0.25) is 11.8 Å². The molecule has 1 aromatic carbocycles. The first-order valence-corrected chi connectivity index (χ1v) is 16.2. The van der Waals surface area contributed by atoms with Crippen LogP contribution in [0, 0.1) is 0 Å². The fourth-order valence-electron chi connectivity index (χ4n) is 4.19. The Morgan fingerprint density at radius 3 is 1.72 bits per heavy atom. The average Bonchev–Trinajstić information content (AvgIpc) is 2.98. The molecule has 0 aliphatic heterocycles. The molecule has 1 rings (SSSR count). The fraction of sp³-hybridized carbons (Fsp3) is 0.697. The molecule has 0 unspecified atom stereocenters. The second-order valence-corrected chi connectivity index (χ2v) is 11.5. The topological polar surface area (TPSA) is 179 Å². The van der Waals surface area contributed by atoms with Crippen LogP contribution in [0.25, 0.3) is 0 Å². The van der Waals surface area contributed by atoms with Gasteiger partial charge in [-0.15, -0.1) is 0 Å². The SMILES string of the molecule is CCOC(OCC)[C@@H](N)CC.CCOC(OCC)[C@H](CC)NC(=O)[C@H](C)NC(=O)C(=O)Nc1cc(NC(C)=O)ccc1C(C)(C)C. The molecule has 0 saturated heterocycles.